The Balaban J connectivity index is 1.97. The monoisotopic (exact) mass is 171 g/mol. The highest BCUT2D eigenvalue weighted by atomic mass is 16.2. The van der Waals surface area contributed by atoms with Gasteiger partial charge in [-0.25, -0.2) is 4.79 Å². The lowest BCUT2D eigenvalue weighted by Crippen LogP contribution is -2.35. The Bertz CT molecular complexity index is 143. The first-order valence-electron chi connectivity index (χ1n) is 4.52. The standard InChI is InChI=1S/C8H17N3O/c1-9-8(12)11-6-4-7-3-2-5-10-7/h7,10H,2-6H2,1H3,(H2,9,11,12)/t7-/m0/s1. The van der Waals surface area contributed by atoms with Crippen LogP contribution in [0.4, 0.5) is 4.79 Å². The van der Waals surface area contributed by atoms with E-state index in [9.17, 15) is 4.79 Å². The number of rotatable bonds is 3. The van der Waals surface area contributed by atoms with Crippen molar-refractivity contribution in [3.63, 3.8) is 0 Å². The fourth-order valence-electron chi connectivity index (χ4n) is 1.45. The molecule has 0 radical (unpaired) electrons. The molecule has 0 spiro atoms. The van der Waals surface area contributed by atoms with Crippen molar-refractivity contribution >= 4 is 6.03 Å². The highest BCUT2D eigenvalue weighted by Crippen LogP contribution is 2.07. The van der Waals surface area contributed by atoms with Crippen LogP contribution in [0.25, 0.3) is 0 Å². The smallest absolute Gasteiger partial charge is 0.314 e. The van der Waals surface area contributed by atoms with Crippen LogP contribution in [0.5, 0.6) is 0 Å². The van der Waals surface area contributed by atoms with Crippen LogP contribution in [0.3, 0.4) is 0 Å². The van der Waals surface area contributed by atoms with Crippen molar-refractivity contribution in [2.24, 2.45) is 0 Å². The minimum atomic E-state index is -0.0898. The molecule has 4 heteroatoms. The van der Waals surface area contributed by atoms with Gasteiger partial charge in [0.05, 0.1) is 0 Å². The topological polar surface area (TPSA) is 53.2 Å². The number of carbonyl (C=O) groups excluding carboxylic acids is 1. The molecule has 0 aromatic carbocycles. The summed E-state index contributed by atoms with van der Waals surface area (Å²) in [4.78, 5) is 10.7. The van der Waals surface area contributed by atoms with Crippen molar-refractivity contribution in [1.82, 2.24) is 16.0 Å². The van der Waals surface area contributed by atoms with Crippen LogP contribution in [-0.2, 0) is 0 Å². The third-order valence-corrected chi connectivity index (χ3v) is 2.17. The van der Waals surface area contributed by atoms with Gasteiger partial charge in [0.2, 0.25) is 0 Å². The van der Waals surface area contributed by atoms with Gasteiger partial charge in [0.25, 0.3) is 0 Å². The van der Waals surface area contributed by atoms with Gasteiger partial charge in [-0.1, -0.05) is 0 Å². The molecule has 0 aromatic rings. The zero-order valence-corrected chi connectivity index (χ0v) is 7.52. The number of hydrogen-bond donors (Lipinski definition) is 3. The van der Waals surface area contributed by atoms with Crippen molar-refractivity contribution in [2.75, 3.05) is 20.1 Å². The van der Waals surface area contributed by atoms with Crippen LogP contribution in [0, 0.1) is 0 Å². The van der Waals surface area contributed by atoms with Crippen LogP contribution in [-0.4, -0.2) is 32.2 Å². The Kier molecular flexibility index (Phi) is 3.87. The predicted octanol–water partition coefficient (Wildman–Crippen LogP) is 0.0575. The normalized spacial score (nSPS) is 22.2. The first kappa shape index (κ1) is 9.32. The number of carbonyl (C=O) groups is 1. The van der Waals surface area contributed by atoms with E-state index < -0.39 is 0 Å². The molecule has 0 saturated carbocycles. The lowest BCUT2D eigenvalue weighted by Gasteiger charge is -2.09. The molecule has 0 unspecified atom stereocenters. The maximum absolute atomic E-state index is 10.7. The largest absolute Gasteiger partial charge is 0.341 e. The van der Waals surface area contributed by atoms with Gasteiger partial charge in [0.1, 0.15) is 0 Å². The van der Waals surface area contributed by atoms with E-state index in [2.05, 4.69) is 16.0 Å². The van der Waals surface area contributed by atoms with E-state index in [-0.39, 0.29) is 6.03 Å². The van der Waals surface area contributed by atoms with E-state index in [0.29, 0.717) is 6.04 Å². The van der Waals surface area contributed by atoms with Crippen molar-refractivity contribution in [3.05, 3.63) is 0 Å². The fourth-order valence-corrected chi connectivity index (χ4v) is 1.45. The molecule has 70 valence electrons. The van der Waals surface area contributed by atoms with Gasteiger partial charge < -0.3 is 16.0 Å². The Labute approximate surface area is 73.1 Å². The number of hydrogen-bond acceptors (Lipinski definition) is 2. The first-order valence-corrected chi connectivity index (χ1v) is 4.52. The summed E-state index contributed by atoms with van der Waals surface area (Å²) < 4.78 is 0. The van der Waals surface area contributed by atoms with Gasteiger partial charge in [0, 0.05) is 19.6 Å². The van der Waals surface area contributed by atoms with E-state index in [1.165, 1.54) is 12.8 Å². The maximum Gasteiger partial charge on any atom is 0.314 e. The zero-order valence-electron chi connectivity index (χ0n) is 7.52. The number of urea groups is 1. The highest BCUT2D eigenvalue weighted by molar-refractivity contribution is 5.73. The molecule has 0 bridgehead atoms. The Hall–Kier alpha value is -0.770. The Morgan fingerprint density at radius 1 is 1.67 bits per heavy atom. The van der Waals surface area contributed by atoms with Crippen LogP contribution < -0.4 is 16.0 Å². The molecule has 1 aliphatic rings. The molecule has 1 heterocycles. The molecule has 1 saturated heterocycles. The molecule has 1 fully saturated rings. The van der Waals surface area contributed by atoms with E-state index in [1.807, 2.05) is 0 Å². The zero-order chi connectivity index (χ0) is 8.81. The maximum atomic E-state index is 10.7. The van der Waals surface area contributed by atoms with E-state index in [0.717, 1.165) is 19.5 Å². The lowest BCUT2D eigenvalue weighted by molar-refractivity contribution is 0.242. The predicted molar refractivity (Wildman–Crippen MR) is 48.1 cm³/mol. The second-order valence-corrected chi connectivity index (χ2v) is 3.09. The minimum Gasteiger partial charge on any atom is -0.341 e. The summed E-state index contributed by atoms with van der Waals surface area (Å²) in [5.41, 5.74) is 0. The summed E-state index contributed by atoms with van der Waals surface area (Å²) in [6.45, 7) is 1.89. The highest BCUT2D eigenvalue weighted by Gasteiger charge is 2.12. The summed E-state index contributed by atoms with van der Waals surface area (Å²) in [5.74, 6) is 0. The third kappa shape index (κ3) is 3.09. The SMILES string of the molecule is CNC(=O)NCC[C@@H]1CCCN1. The quantitative estimate of drug-likeness (QED) is 0.562. The van der Waals surface area contributed by atoms with E-state index in [1.54, 1.807) is 7.05 Å². The van der Waals surface area contributed by atoms with Crippen molar-refractivity contribution in [3.8, 4) is 0 Å². The number of nitrogens with one attached hydrogen (secondary N) is 3. The van der Waals surface area contributed by atoms with Gasteiger partial charge >= 0.3 is 6.03 Å². The molecule has 0 aromatic heterocycles. The van der Waals surface area contributed by atoms with Crippen molar-refractivity contribution in [2.45, 2.75) is 25.3 Å². The average molecular weight is 171 g/mol. The molecular formula is C8H17N3O. The van der Waals surface area contributed by atoms with Crippen LogP contribution >= 0.6 is 0 Å². The summed E-state index contributed by atoms with van der Waals surface area (Å²) >= 11 is 0. The molecular weight excluding hydrogens is 154 g/mol. The van der Waals surface area contributed by atoms with Crippen LogP contribution in [0.1, 0.15) is 19.3 Å². The van der Waals surface area contributed by atoms with Crippen molar-refractivity contribution < 1.29 is 4.79 Å². The van der Waals surface area contributed by atoms with Crippen molar-refractivity contribution in [1.29, 1.82) is 0 Å². The second kappa shape index (κ2) is 4.98. The summed E-state index contributed by atoms with van der Waals surface area (Å²) in [6.07, 6.45) is 3.55. The third-order valence-electron chi connectivity index (χ3n) is 2.17. The summed E-state index contributed by atoms with van der Waals surface area (Å²) in [6, 6.07) is 0.523. The molecule has 3 N–H and O–H groups in total. The fraction of sp³-hybridized carbons (Fsp3) is 0.875. The van der Waals surface area contributed by atoms with Gasteiger partial charge in [0.15, 0.2) is 0 Å². The van der Waals surface area contributed by atoms with Crippen LogP contribution in [0.2, 0.25) is 0 Å². The molecule has 4 nitrogen and oxygen atoms in total. The van der Waals surface area contributed by atoms with Gasteiger partial charge in [-0.05, 0) is 25.8 Å². The molecule has 1 aliphatic heterocycles. The second-order valence-electron chi connectivity index (χ2n) is 3.09. The minimum absolute atomic E-state index is 0.0898. The lowest BCUT2D eigenvalue weighted by atomic mass is 10.2. The Morgan fingerprint density at radius 3 is 3.08 bits per heavy atom. The van der Waals surface area contributed by atoms with Crippen LogP contribution in [0.15, 0.2) is 0 Å². The van der Waals surface area contributed by atoms with E-state index >= 15 is 0 Å². The Morgan fingerprint density at radius 2 is 2.50 bits per heavy atom. The molecule has 1 atom stereocenters. The average Bonchev–Trinajstić information content (AvgIpc) is 2.57. The molecule has 0 aliphatic carbocycles. The molecule has 12 heavy (non-hydrogen) atoms. The summed E-state index contributed by atoms with van der Waals surface area (Å²) in [5, 5.41) is 8.67. The molecule has 2 amide bonds. The number of amides is 2. The summed E-state index contributed by atoms with van der Waals surface area (Å²) in [7, 11) is 1.63. The van der Waals surface area contributed by atoms with Gasteiger partial charge in [-0.2, -0.15) is 0 Å². The van der Waals surface area contributed by atoms with Gasteiger partial charge in [-0.15, -0.1) is 0 Å². The van der Waals surface area contributed by atoms with Gasteiger partial charge in [-0.3, -0.25) is 0 Å². The molecule has 1 rings (SSSR count). The first-order chi connectivity index (χ1) is 5.83. The van der Waals surface area contributed by atoms with E-state index in [4.69, 9.17) is 0 Å².